The Morgan fingerprint density at radius 3 is 2.89 bits per heavy atom. The first-order valence-electron chi connectivity index (χ1n) is 6.17. The number of rotatable bonds is 5. The van der Waals surface area contributed by atoms with Gasteiger partial charge in [0, 0.05) is 12.5 Å². The molecule has 1 N–H and O–H groups in total. The summed E-state index contributed by atoms with van der Waals surface area (Å²) in [4.78, 5) is 12.1. The lowest BCUT2D eigenvalue weighted by Gasteiger charge is -2.11. The highest BCUT2D eigenvalue weighted by molar-refractivity contribution is 7.90. The van der Waals surface area contributed by atoms with E-state index in [-0.39, 0.29) is 12.7 Å². The fourth-order valence-corrected chi connectivity index (χ4v) is 2.46. The summed E-state index contributed by atoms with van der Waals surface area (Å²) >= 11 is -1.56. The number of ether oxygens (including phenoxy) is 2. The van der Waals surface area contributed by atoms with Gasteiger partial charge in [-0.1, -0.05) is 13.8 Å². The van der Waals surface area contributed by atoms with Gasteiger partial charge in [-0.15, -0.1) is 0 Å². The van der Waals surface area contributed by atoms with Crippen LogP contribution in [0.4, 0.5) is 0 Å². The van der Waals surface area contributed by atoms with E-state index in [9.17, 15) is 9.35 Å². The maximum Gasteiger partial charge on any atom is 0.261 e. The minimum Gasteiger partial charge on any atom is -0.588 e. The second kappa shape index (κ2) is 6.16. The molecule has 104 valence electrons. The fourth-order valence-electron chi connectivity index (χ4n) is 1.63. The minimum absolute atomic E-state index is 0.173. The molecule has 0 aliphatic carbocycles. The molecule has 1 aliphatic heterocycles. The zero-order chi connectivity index (χ0) is 13.8. The summed E-state index contributed by atoms with van der Waals surface area (Å²) in [5.74, 6) is 1.43. The van der Waals surface area contributed by atoms with Gasteiger partial charge in [0.05, 0.1) is 0 Å². The van der Waals surface area contributed by atoms with Crippen molar-refractivity contribution in [3.63, 3.8) is 0 Å². The van der Waals surface area contributed by atoms with Crippen LogP contribution in [0.2, 0.25) is 0 Å². The number of fused-ring (bicyclic) bond motifs is 1. The molecule has 1 aromatic rings. The third-order valence-corrected chi connectivity index (χ3v) is 3.81. The molecule has 0 bridgehead atoms. The lowest BCUT2D eigenvalue weighted by atomic mass is 10.1. The molecule has 1 atom stereocenters. The highest BCUT2D eigenvalue weighted by Gasteiger charge is 2.21. The van der Waals surface area contributed by atoms with Gasteiger partial charge in [-0.05, 0) is 24.5 Å². The van der Waals surface area contributed by atoms with E-state index in [1.807, 2.05) is 13.8 Å². The highest BCUT2D eigenvalue weighted by Crippen LogP contribution is 2.33. The van der Waals surface area contributed by atoms with E-state index in [4.69, 9.17) is 9.47 Å². The number of benzene rings is 1. The minimum atomic E-state index is -1.56. The van der Waals surface area contributed by atoms with Crippen molar-refractivity contribution in [3.05, 3.63) is 18.2 Å². The predicted octanol–water partition coefficient (Wildman–Crippen LogP) is 1.99. The molecule has 0 radical (unpaired) electrons. The SMILES string of the molecule is CC(C)CCC(=O)N[S+]([O-])c1ccc2c(c1)OCO2. The van der Waals surface area contributed by atoms with E-state index in [0.717, 1.165) is 6.42 Å². The molecule has 1 aromatic carbocycles. The quantitative estimate of drug-likeness (QED) is 0.839. The summed E-state index contributed by atoms with van der Waals surface area (Å²) in [7, 11) is 0. The number of hydrogen-bond donors (Lipinski definition) is 1. The van der Waals surface area contributed by atoms with Crippen molar-refractivity contribution in [1.29, 1.82) is 0 Å². The van der Waals surface area contributed by atoms with Gasteiger partial charge in [-0.25, -0.2) is 0 Å². The van der Waals surface area contributed by atoms with Gasteiger partial charge in [-0.3, -0.25) is 4.79 Å². The maximum atomic E-state index is 12.0. The van der Waals surface area contributed by atoms with Crippen LogP contribution in [0, 0.1) is 5.92 Å². The number of hydrogen-bond acceptors (Lipinski definition) is 4. The van der Waals surface area contributed by atoms with Gasteiger partial charge in [0.1, 0.15) is 11.4 Å². The van der Waals surface area contributed by atoms with Gasteiger partial charge in [0.25, 0.3) is 5.91 Å². The maximum absolute atomic E-state index is 12.0. The largest absolute Gasteiger partial charge is 0.588 e. The first-order chi connectivity index (χ1) is 9.06. The summed E-state index contributed by atoms with van der Waals surface area (Å²) in [5.41, 5.74) is 0. The third kappa shape index (κ3) is 3.78. The predicted molar refractivity (Wildman–Crippen MR) is 71.2 cm³/mol. The van der Waals surface area contributed by atoms with Crippen LogP contribution in [0.5, 0.6) is 11.5 Å². The van der Waals surface area contributed by atoms with E-state index in [0.29, 0.717) is 28.7 Å². The molecule has 1 amide bonds. The normalized spacial score (nSPS) is 14.5. The van der Waals surface area contributed by atoms with Crippen LogP contribution in [0.15, 0.2) is 23.1 Å². The first kappa shape index (κ1) is 14.0. The van der Waals surface area contributed by atoms with E-state index in [1.165, 1.54) is 0 Å². The molecule has 1 heterocycles. The number of carbonyl (C=O) groups excluding carboxylic acids is 1. The Hall–Kier alpha value is -1.40. The lowest BCUT2D eigenvalue weighted by molar-refractivity contribution is -0.119. The van der Waals surface area contributed by atoms with Crippen molar-refractivity contribution in [2.24, 2.45) is 5.92 Å². The Morgan fingerprint density at radius 1 is 1.42 bits per heavy atom. The summed E-state index contributed by atoms with van der Waals surface area (Å²) in [5, 5.41) is 0. The molecule has 19 heavy (non-hydrogen) atoms. The summed E-state index contributed by atoms with van der Waals surface area (Å²) in [6.07, 6.45) is 1.16. The van der Waals surface area contributed by atoms with Crippen LogP contribution >= 0.6 is 0 Å². The molecule has 0 fully saturated rings. The fraction of sp³-hybridized carbons (Fsp3) is 0.462. The van der Waals surface area contributed by atoms with E-state index in [1.54, 1.807) is 18.2 Å². The molecule has 2 rings (SSSR count). The van der Waals surface area contributed by atoms with Crippen molar-refractivity contribution in [2.45, 2.75) is 31.6 Å². The topological polar surface area (TPSA) is 70.6 Å². The molecule has 0 aromatic heterocycles. The average molecular weight is 283 g/mol. The molecule has 0 spiro atoms. The van der Waals surface area contributed by atoms with Crippen molar-refractivity contribution in [1.82, 2.24) is 4.72 Å². The summed E-state index contributed by atoms with van der Waals surface area (Å²) in [6.45, 7) is 4.26. The highest BCUT2D eigenvalue weighted by atomic mass is 32.2. The second-order valence-electron chi connectivity index (χ2n) is 4.74. The molecule has 1 unspecified atom stereocenters. The van der Waals surface area contributed by atoms with Crippen LogP contribution in [0.1, 0.15) is 26.7 Å². The number of nitrogens with one attached hydrogen (secondary N) is 1. The molecule has 1 aliphatic rings. The van der Waals surface area contributed by atoms with Gasteiger partial charge < -0.3 is 14.0 Å². The van der Waals surface area contributed by atoms with Crippen molar-refractivity contribution >= 4 is 17.3 Å². The molecular weight excluding hydrogens is 266 g/mol. The molecule has 0 saturated carbocycles. The Labute approximate surface area is 115 Å². The van der Waals surface area contributed by atoms with E-state index in [2.05, 4.69) is 4.72 Å². The molecular formula is C13H17NO4S. The summed E-state index contributed by atoms with van der Waals surface area (Å²) < 4.78 is 24.8. The summed E-state index contributed by atoms with van der Waals surface area (Å²) in [6, 6.07) is 4.98. The van der Waals surface area contributed by atoms with Crippen molar-refractivity contribution in [2.75, 3.05) is 6.79 Å². The Morgan fingerprint density at radius 2 is 2.16 bits per heavy atom. The van der Waals surface area contributed by atoms with Crippen LogP contribution < -0.4 is 14.2 Å². The van der Waals surface area contributed by atoms with Crippen LogP contribution in [-0.4, -0.2) is 17.3 Å². The zero-order valence-electron chi connectivity index (χ0n) is 11.0. The Bertz CT molecular complexity index is 464. The lowest BCUT2D eigenvalue weighted by Crippen LogP contribution is -2.30. The second-order valence-corrected chi connectivity index (χ2v) is 5.95. The average Bonchev–Trinajstić information content (AvgIpc) is 2.83. The van der Waals surface area contributed by atoms with Gasteiger partial charge in [-0.2, -0.15) is 4.72 Å². The van der Waals surface area contributed by atoms with E-state index < -0.39 is 11.4 Å². The van der Waals surface area contributed by atoms with Crippen LogP contribution in [0.25, 0.3) is 0 Å². The Kier molecular flexibility index (Phi) is 4.55. The third-order valence-electron chi connectivity index (χ3n) is 2.71. The number of carbonyl (C=O) groups is 1. The first-order valence-corrected chi connectivity index (χ1v) is 7.32. The molecule has 0 saturated heterocycles. The van der Waals surface area contributed by atoms with Gasteiger partial charge in [0.2, 0.25) is 6.79 Å². The van der Waals surface area contributed by atoms with Crippen molar-refractivity contribution in [3.8, 4) is 11.5 Å². The molecule has 6 heteroatoms. The van der Waals surface area contributed by atoms with Gasteiger partial charge >= 0.3 is 0 Å². The smallest absolute Gasteiger partial charge is 0.261 e. The van der Waals surface area contributed by atoms with Crippen LogP contribution in [0.3, 0.4) is 0 Å². The number of amides is 1. The standard InChI is InChI=1S/C13H17NO4S/c1-9(2)3-6-13(15)14-19(16)10-4-5-11-12(7-10)18-8-17-11/h4-5,7,9H,3,6,8H2,1-2H3,(H,14,15). The monoisotopic (exact) mass is 283 g/mol. The molecule has 5 nitrogen and oxygen atoms in total. The van der Waals surface area contributed by atoms with Crippen molar-refractivity contribution < 1.29 is 18.8 Å². The zero-order valence-corrected chi connectivity index (χ0v) is 11.8. The van der Waals surface area contributed by atoms with Gasteiger partial charge in [0.15, 0.2) is 16.4 Å². The Balaban J connectivity index is 1.92. The van der Waals surface area contributed by atoms with E-state index >= 15 is 0 Å². The van der Waals surface area contributed by atoms with Crippen LogP contribution in [-0.2, 0) is 16.2 Å².